The summed E-state index contributed by atoms with van der Waals surface area (Å²) in [5.41, 5.74) is 0. The van der Waals surface area contributed by atoms with Crippen LogP contribution in [0, 0.1) is 5.92 Å². The lowest BCUT2D eigenvalue weighted by Crippen LogP contribution is -2.18. The highest BCUT2D eigenvalue weighted by Crippen LogP contribution is 2.41. The second-order valence-corrected chi connectivity index (χ2v) is 5.23. The molecule has 0 saturated heterocycles. The lowest BCUT2D eigenvalue weighted by Gasteiger charge is -2.28. The van der Waals surface area contributed by atoms with Gasteiger partial charge in [0, 0.05) is 19.3 Å². The van der Waals surface area contributed by atoms with E-state index < -0.39 is 0 Å². The van der Waals surface area contributed by atoms with Crippen molar-refractivity contribution in [3.63, 3.8) is 0 Å². The molecule has 0 aromatic heterocycles. The van der Waals surface area contributed by atoms with Crippen molar-refractivity contribution in [3.05, 3.63) is 10.8 Å². The van der Waals surface area contributed by atoms with Crippen LogP contribution in [0.1, 0.15) is 65.2 Å². The van der Waals surface area contributed by atoms with Crippen molar-refractivity contribution < 1.29 is 9.53 Å². The summed E-state index contributed by atoms with van der Waals surface area (Å²) in [6.07, 6.45) is 9.83. The molecule has 98 valence electrons. The first-order valence-corrected chi connectivity index (χ1v) is 7.10. The van der Waals surface area contributed by atoms with Crippen LogP contribution in [0.4, 0.5) is 0 Å². The number of hydrogen-bond donors (Lipinski definition) is 0. The molecule has 0 aliphatic heterocycles. The van der Waals surface area contributed by atoms with Crippen molar-refractivity contribution in [2.24, 2.45) is 5.92 Å². The Morgan fingerprint density at radius 3 is 2.53 bits per heavy atom. The van der Waals surface area contributed by atoms with Crippen LogP contribution in [-0.4, -0.2) is 5.97 Å². The van der Waals surface area contributed by atoms with Gasteiger partial charge in [-0.15, -0.1) is 0 Å². The maximum absolute atomic E-state index is 10.7. The summed E-state index contributed by atoms with van der Waals surface area (Å²) in [7, 11) is 0. The van der Waals surface area contributed by atoms with E-state index in [2.05, 4.69) is 6.92 Å². The Morgan fingerprint density at radius 2 is 1.94 bits per heavy atom. The number of unbranched alkanes of at least 4 members (excludes halogenated alkanes) is 5. The largest absolute Gasteiger partial charge is 0.430 e. The molecule has 0 N–H and O–H groups in total. The molecular formula is C14H23ClO2. The topological polar surface area (TPSA) is 26.3 Å². The molecule has 0 heterocycles. The van der Waals surface area contributed by atoms with Crippen molar-refractivity contribution in [1.29, 1.82) is 0 Å². The number of esters is 1. The van der Waals surface area contributed by atoms with E-state index in [0.717, 1.165) is 17.9 Å². The molecule has 1 aliphatic rings. The van der Waals surface area contributed by atoms with E-state index in [1.807, 2.05) is 0 Å². The zero-order chi connectivity index (χ0) is 12.7. The first-order valence-electron chi connectivity index (χ1n) is 6.72. The molecule has 17 heavy (non-hydrogen) atoms. The summed E-state index contributed by atoms with van der Waals surface area (Å²) in [5.74, 6) is 0.864. The molecule has 1 unspecified atom stereocenters. The van der Waals surface area contributed by atoms with E-state index in [0.29, 0.717) is 11.7 Å². The Balaban J connectivity index is 2.07. The van der Waals surface area contributed by atoms with Crippen LogP contribution in [0.3, 0.4) is 0 Å². The van der Waals surface area contributed by atoms with Gasteiger partial charge in [0.15, 0.2) is 0 Å². The van der Waals surface area contributed by atoms with Crippen molar-refractivity contribution in [2.45, 2.75) is 65.2 Å². The average Bonchev–Trinajstić information content (AvgIpc) is 2.30. The molecule has 1 aliphatic carbocycles. The van der Waals surface area contributed by atoms with E-state index in [-0.39, 0.29) is 5.97 Å². The SMILES string of the molecule is CCCCCCCCC1CC(OC(C)=O)=C1Cl. The third-order valence-corrected chi connectivity index (χ3v) is 3.75. The van der Waals surface area contributed by atoms with Crippen LogP contribution < -0.4 is 0 Å². The first-order chi connectivity index (χ1) is 8.15. The maximum Gasteiger partial charge on any atom is 0.307 e. The molecule has 0 fully saturated rings. The van der Waals surface area contributed by atoms with Crippen molar-refractivity contribution in [1.82, 2.24) is 0 Å². The summed E-state index contributed by atoms with van der Waals surface area (Å²) < 4.78 is 5.00. The minimum atomic E-state index is -0.267. The van der Waals surface area contributed by atoms with Crippen LogP contribution in [-0.2, 0) is 9.53 Å². The number of ether oxygens (including phenoxy) is 1. The molecule has 0 bridgehead atoms. The van der Waals surface area contributed by atoms with E-state index in [4.69, 9.17) is 16.3 Å². The minimum Gasteiger partial charge on any atom is -0.430 e. The number of halogens is 1. The van der Waals surface area contributed by atoms with Gasteiger partial charge in [-0.25, -0.2) is 0 Å². The fraction of sp³-hybridized carbons (Fsp3) is 0.786. The predicted octanol–water partition coefficient (Wildman–Crippen LogP) is 4.77. The quantitative estimate of drug-likeness (QED) is 0.463. The van der Waals surface area contributed by atoms with E-state index >= 15 is 0 Å². The van der Waals surface area contributed by atoms with Gasteiger partial charge in [-0.05, 0) is 6.42 Å². The van der Waals surface area contributed by atoms with Crippen molar-refractivity contribution in [2.75, 3.05) is 0 Å². The lowest BCUT2D eigenvalue weighted by atomic mass is 9.87. The molecule has 3 heteroatoms. The zero-order valence-electron chi connectivity index (χ0n) is 10.9. The summed E-state index contributed by atoms with van der Waals surface area (Å²) in [6, 6.07) is 0. The molecule has 0 spiro atoms. The molecular weight excluding hydrogens is 236 g/mol. The van der Waals surface area contributed by atoms with Gasteiger partial charge in [0.25, 0.3) is 0 Å². The normalized spacial score (nSPS) is 19.1. The van der Waals surface area contributed by atoms with Gasteiger partial charge in [0.1, 0.15) is 5.76 Å². The first kappa shape index (κ1) is 14.6. The number of allylic oxidation sites excluding steroid dienone is 2. The fourth-order valence-corrected chi connectivity index (χ4v) is 2.47. The average molecular weight is 259 g/mol. The zero-order valence-corrected chi connectivity index (χ0v) is 11.7. The highest BCUT2D eigenvalue weighted by atomic mass is 35.5. The van der Waals surface area contributed by atoms with Crippen LogP contribution in [0.2, 0.25) is 0 Å². The molecule has 0 aromatic carbocycles. The summed E-state index contributed by atoms with van der Waals surface area (Å²) in [6.45, 7) is 3.65. The number of hydrogen-bond acceptors (Lipinski definition) is 2. The Kier molecular flexibility index (Phi) is 6.64. The molecule has 0 saturated carbocycles. The van der Waals surface area contributed by atoms with Gasteiger partial charge < -0.3 is 4.74 Å². The summed E-state index contributed by atoms with van der Waals surface area (Å²) in [4.78, 5) is 10.7. The molecule has 0 aromatic rings. The van der Waals surface area contributed by atoms with Gasteiger partial charge in [0.05, 0.1) is 5.03 Å². The van der Waals surface area contributed by atoms with Gasteiger partial charge in [-0.1, -0.05) is 57.0 Å². The Hall–Kier alpha value is -0.500. The predicted molar refractivity (Wildman–Crippen MR) is 70.7 cm³/mol. The van der Waals surface area contributed by atoms with Crippen LogP contribution in [0.25, 0.3) is 0 Å². The van der Waals surface area contributed by atoms with Crippen molar-refractivity contribution >= 4 is 17.6 Å². The van der Waals surface area contributed by atoms with Gasteiger partial charge in [-0.3, -0.25) is 4.79 Å². The molecule has 1 rings (SSSR count). The third-order valence-electron chi connectivity index (χ3n) is 3.23. The molecule has 0 radical (unpaired) electrons. The highest BCUT2D eigenvalue weighted by molar-refractivity contribution is 6.31. The monoisotopic (exact) mass is 258 g/mol. The van der Waals surface area contributed by atoms with Gasteiger partial charge in [0.2, 0.25) is 0 Å². The smallest absolute Gasteiger partial charge is 0.307 e. The van der Waals surface area contributed by atoms with Crippen LogP contribution in [0.5, 0.6) is 0 Å². The van der Waals surface area contributed by atoms with Gasteiger partial charge in [-0.2, -0.15) is 0 Å². The maximum atomic E-state index is 10.7. The van der Waals surface area contributed by atoms with E-state index in [1.54, 1.807) is 0 Å². The Bertz CT molecular complexity index is 284. The fourth-order valence-electron chi connectivity index (χ4n) is 2.17. The summed E-state index contributed by atoms with van der Waals surface area (Å²) >= 11 is 6.09. The molecule has 0 amide bonds. The number of carbonyl (C=O) groups excluding carboxylic acids is 1. The standard InChI is InChI=1S/C14H23ClO2/c1-3-4-5-6-7-8-9-12-10-13(14(12)15)17-11(2)16/h12H,3-10H2,1-2H3. The number of rotatable bonds is 8. The summed E-state index contributed by atoms with van der Waals surface area (Å²) in [5, 5.41) is 0.772. The Morgan fingerprint density at radius 1 is 1.29 bits per heavy atom. The van der Waals surface area contributed by atoms with Crippen LogP contribution in [0.15, 0.2) is 10.8 Å². The third kappa shape index (κ3) is 5.12. The van der Waals surface area contributed by atoms with Gasteiger partial charge >= 0.3 is 5.97 Å². The second kappa shape index (κ2) is 7.75. The van der Waals surface area contributed by atoms with E-state index in [1.165, 1.54) is 45.4 Å². The second-order valence-electron chi connectivity index (χ2n) is 4.82. The highest BCUT2D eigenvalue weighted by Gasteiger charge is 2.30. The molecule has 1 atom stereocenters. The minimum absolute atomic E-state index is 0.267. The molecule has 2 nitrogen and oxygen atoms in total. The van der Waals surface area contributed by atoms with E-state index in [9.17, 15) is 4.79 Å². The van der Waals surface area contributed by atoms with Crippen molar-refractivity contribution in [3.8, 4) is 0 Å². The number of carbonyl (C=O) groups is 1. The van der Waals surface area contributed by atoms with Crippen LogP contribution >= 0.6 is 11.6 Å². The lowest BCUT2D eigenvalue weighted by molar-refractivity contribution is -0.137. The Labute approximate surface area is 109 Å².